The first-order valence-electron chi connectivity index (χ1n) is 4.84. The van der Waals surface area contributed by atoms with Crippen molar-refractivity contribution in [3.05, 3.63) is 0 Å². The Kier molecular flexibility index (Phi) is 17.7. The summed E-state index contributed by atoms with van der Waals surface area (Å²) in [5.41, 5.74) is 5.09. The summed E-state index contributed by atoms with van der Waals surface area (Å²) in [7, 11) is -4.85. The number of amides is 3. The van der Waals surface area contributed by atoms with Gasteiger partial charge in [0, 0.05) is 6.54 Å². The number of aliphatic imine (C=N–C) groups is 1. The van der Waals surface area contributed by atoms with Crippen molar-refractivity contribution < 1.29 is 92.9 Å². The number of carbonyl (C=O) groups excluding carboxylic acids is 2. The molecule has 0 aliphatic rings. The van der Waals surface area contributed by atoms with E-state index in [0.717, 1.165) is 0 Å². The number of nitrogens with two attached hydrogens (primary N) is 1. The molecule has 0 aromatic rings. The summed E-state index contributed by atoms with van der Waals surface area (Å²) in [6.45, 7) is -0.917. The van der Waals surface area contributed by atoms with E-state index in [1.807, 2.05) is 5.32 Å². The predicted molar refractivity (Wildman–Crippen MR) is 58.7 cm³/mol. The number of carbonyl (C=O) groups is 2. The van der Waals surface area contributed by atoms with Gasteiger partial charge in [-0.2, -0.15) is 4.99 Å². The van der Waals surface area contributed by atoms with Crippen LogP contribution in [0.3, 0.4) is 0 Å². The summed E-state index contributed by atoms with van der Waals surface area (Å²) in [6, 6.07) is -0.943. The Morgan fingerprint density at radius 2 is 2.05 bits per heavy atom. The van der Waals surface area contributed by atoms with Crippen molar-refractivity contribution >= 4 is 26.0 Å². The van der Waals surface area contributed by atoms with Crippen LogP contribution in [0.4, 0.5) is 4.79 Å². The molecule has 0 saturated carbocycles. The van der Waals surface area contributed by atoms with Gasteiger partial charge in [0.15, 0.2) is 0 Å². The van der Waals surface area contributed by atoms with E-state index in [0.29, 0.717) is 0 Å². The second kappa shape index (κ2) is 14.1. The van der Waals surface area contributed by atoms with Crippen molar-refractivity contribution in [1.29, 1.82) is 0 Å². The molecule has 0 spiro atoms. The second-order valence-electron chi connectivity index (χ2n) is 3.16. The minimum absolute atomic E-state index is 0. The van der Waals surface area contributed by atoms with E-state index in [4.69, 9.17) is 10.8 Å². The maximum absolute atomic E-state index is 11.1. The molecule has 11 nitrogen and oxygen atoms in total. The van der Waals surface area contributed by atoms with Gasteiger partial charge < -0.3 is 35.2 Å². The van der Waals surface area contributed by atoms with Gasteiger partial charge in [0.1, 0.15) is 0 Å². The van der Waals surface area contributed by atoms with Gasteiger partial charge in [-0.1, -0.05) is 0 Å². The van der Waals surface area contributed by atoms with Crippen LogP contribution >= 0.6 is 7.60 Å². The van der Waals surface area contributed by atoms with Crippen LogP contribution in [0.25, 0.3) is 0 Å². The van der Waals surface area contributed by atoms with Crippen molar-refractivity contribution in [2.24, 2.45) is 10.7 Å². The van der Waals surface area contributed by atoms with E-state index >= 15 is 0 Å². The van der Waals surface area contributed by atoms with E-state index in [9.17, 15) is 23.9 Å². The first kappa shape index (κ1) is 26.4. The van der Waals surface area contributed by atoms with E-state index in [2.05, 4.69) is 15.0 Å². The maximum atomic E-state index is 11.1. The smallest absolute Gasteiger partial charge is 0.809 e. The molecule has 0 aliphatic carbocycles. The van der Waals surface area contributed by atoms with Crippen LogP contribution in [-0.4, -0.2) is 49.1 Å². The molecular formula is C7H13N4Na2O7P. The van der Waals surface area contributed by atoms with Gasteiger partial charge in [-0.25, -0.2) is 4.79 Å². The zero-order valence-electron chi connectivity index (χ0n) is 11.6. The van der Waals surface area contributed by atoms with Crippen molar-refractivity contribution in [1.82, 2.24) is 10.6 Å². The number of ether oxygens (including phenoxy) is 1. The summed E-state index contributed by atoms with van der Waals surface area (Å²) in [6.07, 6.45) is -1.98. The van der Waals surface area contributed by atoms with Crippen molar-refractivity contribution in [3.63, 3.8) is 0 Å². The molecule has 1 atom stereocenters. The number of aliphatic hydroxyl groups excluding tert-OH is 1. The molecular weight excluding hydrogens is 329 g/mol. The van der Waals surface area contributed by atoms with Gasteiger partial charge in [-0.3, -0.25) is 10.1 Å². The summed E-state index contributed by atoms with van der Waals surface area (Å²) in [5.74, 6) is -0.447. The van der Waals surface area contributed by atoms with Gasteiger partial charge in [0.2, 0.25) is 12.4 Å². The Bertz CT molecular complexity index is 391. The van der Waals surface area contributed by atoms with E-state index < -0.39 is 38.6 Å². The SMILES string of the molecule is NC(=NC(=O)NC[C@@H](CO)OCP(=O)([O-])[O-])NC=O.[Na+].[Na+]. The molecule has 5 N–H and O–H groups in total. The third-order valence-corrected chi connectivity index (χ3v) is 2.05. The summed E-state index contributed by atoms with van der Waals surface area (Å²) < 4.78 is 14.9. The molecule has 0 fully saturated rings. The number of nitrogens with zero attached hydrogens (tertiary/aromatic N) is 1. The molecule has 0 aromatic heterocycles. The molecule has 3 amide bonds. The van der Waals surface area contributed by atoms with Crippen molar-refractivity contribution in [2.75, 3.05) is 19.5 Å². The number of hydrogen-bond acceptors (Lipinski definition) is 7. The largest absolute Gasteiger partial charge is 1.00 e. The van der Waals surface area contributed by atoms with Crippen molar-refractivity contribution in [2.45, 2.75) is 6.10 Å². The third kappa shape index (κ3) is 16.7. The normalized spacial score (nSPS) is 12.4. The monoisotopic (exact) mass is 342 g/mol. The molecule has 0 saturated heterocycles. The van der Waals surface area contributed by atoms with Crippen LogP contribution in [-0.2, 0) is 14.1 Å². The second-order valence-corrected chi connectivity index (χ2v) is 4.64. The molecule has 14 heteroatoms. The molecule has 0 radical (unpaired) electrons. The van der Waals surface area contributed by atoms with E-state index in [1.54, 1.807) is 0 Å². The Morgan fingerprint density at radius 1 is 1.48 bits per heavy atom. The predicted octanol–water partition coefficient (Wildman–Crippen LogP) is -9.99. The Hall–Kier alpha value is 0.480. The number of hydrogen-bond donors (Lipinski definition) is 4. The van der Waals surface area contributed by atoms with E-state index in [1.165, 1.54) is 0 Å². The Morgan fingerprint density at radius 3 is 2.48 bits per heavy atom. The summed E-state index contributed by atoms with van der Waals surface area (Å²) in [5, 5.41) is 12.8. The van der Waals surface area contributed by atoms with Crippen LogP contribution in [0.15, 0.2) is 4.99 Å². The fourth-order valence-electron chi connectivity index (χ4n) is 0.816. The van der Waals surface area contributed by atoms with Crippen LogP contribution in [0, 0.1) is 0 Å². The third-order valence-electron chi connectivity index (χ3n) is 1.58. The molecule has 0 heterocycles. The Balaban J connectivity index is -0.00000162. The van der Waals surface area contributed by atoms with Gasteiger partial charge in [-0.15, -0.1) is 0 Å². The van der Waals surface area contributed by atoms with Gasteiger partial charge >= 0.3 is 65.1 Å². The van der Waals surface area contributed by atoms with E-state index in [-0.39, 0.29) is 72.1 Å². The van der Waals surface area contributed by atoms with Crippen LogP contribution < -0.4 is 85.3 Å². The molecule has 0 unspecified atom stereocenters. The standard InChI is InChI=1S/C7H15N4O7P.2Na/c8-6(10-3-13)11-7(14)9-1-5(2-12)18-4-19(15,16)17;;/h3,5,12H,1-2,4H2,(H2,15,16,17)(H4,8,9,10,11,13,14);;/q;2*+1/p-2/t5-;;/m0../s1. The first-order valence-corrected chi connectivity index (χ1v) is 6.57. The fourth-order valence-corrected chi connectivity index (χ4v) is 1.21. The molecule has 0 bridgehead atoms. The van der Waals surface area contributed by atoms with Crippen LogP contribution in [0.1, 0.15) is 0 Å². The first-order chi connectivity index (χ1) is 8.78. The van der Waals surface area contributed by atoms with Crippen LogP contribution in [0.5, 0.6) is 0 Å². The Labute approximate surface area is 164 Å². The number of rotatable bonds is 7. The maximum Gasteiger partial charge on any atom is 1.00 e. The number of aliphatic hydroxyl groups is 1. The molecule has 110 valence electrons. The minimum atomic E-state index is -4.85. The minimum Gasteiger partial charge on any atom is -0.809 e. The fraction of sp³-hybridized carbons (Fsp3) is 0.571. The average Bonchev–Trinajstić information content (AvgIpc) is 2.28. The number of urea groups is 1. The van der Waals surface area contributed by atoms with Gasteiger partial charge in [0.05, 0.1) is 19.1 Å². The molecule has 0 aliphatic heterocycles. The zero-order valence-corrected chi connectivity index (χ0v) is 16.5. The summed E-state index contributed by atoms with van der Waals surface area (Å²) >= 11 is 0. The van der Waals surface area contributed by atoms with Crippen LogP contribution in [0.2, 0.25) is 0 Å². The molecule has 0 rings (SSSR count). The quantitative estimate of drug-likeness (QED) is 0.115. The van der Waals surface area contributed by atoms with Gasteiger partial charge in [0.25, 0.3) is 0 Å². The molecule has 0 aromatic carbocycles. The zero-order chi connectivity index (χ0) is 14.9. The van der Waals surface area contributed by atoms with Gasteiger partial charge in [-0.05, 0) is 7.60 Å². The summed E-state index contributed by atoms with van der Waals surface area (Å²) in [4.78, 5) is 44.8. The van der Waals surface area contributed by atoms with Crippen molar-refractivity contribution in [3.8, 4) is 0 Å². The number of guanidine groups is 1. The average molecular weight is 342 g/mol. The molecule has 21 heavy (non-hydrogen) atoms. The topological polar surface area (TPSA) is 189 Å². The number of nitrogens with one attached hydrogen (secondary N) is 2.